The lowest BCUT2D eigenvalue weighted by Crippen LogP contribution is -2.04. The topological polar surface area (TPSA) is 75.2 Å². The van der Waals surface area contributed by atoms with Crippen LogP contribution in [0.4, 0.5) is 0 Å². The molecule has 1 aromatic heterocycles. The molecule has 0 aromatic carbocycles. The largest absolute Gasteiger partial charge is 0.476 e. The maximum Gasteiger partial charge on any atom is 0.356 e. The predicted molar refractivity (Wildman–Crippen MR) is 52.9 cm³/mol. The molecule has 0 fully saturated rings. The fourth-order valence-electron chi connectivity index (χ4n) is 1.04. The summed E-state index contributed by atoms with van der Waals surface area (Å²) in [7, 11) is 1.58. The first-order valence-corrected chi connectivity index (χ1v) is 5.26. The van der Waals surface area contributed by atoms with Gasteiger partial charge in [0.25, 0.3) is 0 Å². The summed E-state index contributed by atoms with van der Waals surface area (Å²) < 4.78 is 4.88. The van der Waals surface area contributed by atoms with Crippen LogP contribution in [-0.4, -0.2) is 41.0 Å². The van der Waals surface area contributed by atoms with Crippen LogP contribution in [0.15, 0.2) is 5.16 Å². The Kier molecular flexibility index (Phi) is 3.97. The summed E-state index contributed by atoms with van der Waals surface area (Å²) in [6.45, 7) is 0.482. The first kappa shape index (κ1) is 11.1. The Bertz CT molecular complexity index is 324. The summed E-state index contributed by atoms with van der Waals surface area (Å²) in [5.41, 5.74) is 0.704. The fraction of sp³-hybridized carbons (Fsp3) is 0.500. The van der Waals surface area contributed by atoms with Gasteiger partial charge < -0.3 is 14.8 Å². The van der Waals surface area contributed by atoms with E-state index in [-0.39, 0.29) is 5.69 Å². The molecular weight excluding hydrogens is 204 g/mol. The maximum absolute atomic E-state index is 10.8. The number of carboxylic acids is 1. The van der Waals surface area contributed by atoms with Gasteiger partial charge in [-0.15, -0.1) is 0 Å². The first-order chi connectivity index (χ1) is 6.69. The van der Waals surface area contributed by atoms with Crippen molar-refractivity contribution in [3.05, 3.63) is 11.4 Å². The van der Waals surface area contributed by atoms with E-state index < -0.39 is 5.97 Å². The molecule has 0 saturated heterocycles. The highest BCUT2D eigenvalue weighted by atomic mass is 32.2. The molecule has 0 spiro atoms. The van der Waals surface area contributed by atoms with Crippen LogP contribution < -0.4 is 0 Å². The van der Waals surface area contributed by atoms with E-state index >= 15 is 0 Å². The van der Waals surface area contributed by atoms with Crippen molar-refractivity contribution in [2.75, 3.05) is 20.0 Å². The van der Waals surface area contributed by atoms with Crippen molar-refractivity contribution in [2.24, 2.45) is 0 Å². The lowest BCUT2D eigenvalue weighted by molar-refractivity contribution is 0.0689. The van der Waals surface area contributed by atoms with Crippen molar-refractivity contribution >= 4 is 17.7 Å². The smallest absolute Gasteiger partial charge is 0.356 e. The molecule has 2 N–H and O–H groups in total. The van der Waals surface area contributed by atoms with Crippen LogP contribution in [0.25, 0.3) is 0 Å². The van der Waals surface area contributed by atoms with Crippen molar-refractivity contribution in [3.63, 3.8) is 0 Å². The Morgan fingerprint density at radius 1 is 1.71 bits per heavy atom. The van der Waals surface area contributed by atoms with Gasteiger partial charge in [-0.05, 0) is 6.26 Å². The Morgan fingerprint density at radius 2 is 2.43 bits per heavy atom. The Balaban J connectivity index is 2.88. The number of thioether (sulfide) groups is 1. The van der Waals surface area contributed by atoms with Gasteiger partial charge in [0.05, 0.1) is 12.3 Å². The van der Waals surface area contributed by atoms with Crippen molar-refractivity contribution < 1.29 is 14.6 Å². The second kappa shape index (κ2) is 5.02. The molecule has 0 radical (unpaired) electrons. The van der Waals surface area contributed by atoms with E-state index in [4.69, 9.17) is 9.84 Å². The van der Waals surface area contributed by atoms with Crippen LogP contribution in [0.5, 0.6) is 0 Å². The first-order valence-electron chi connectivity index (χ1n) is 4.04. The lowest BCUT2D eigenvalue weighted by atomic mass is 10.2. The highest BCUT2D eigenvalue weighted by Gasteiger charge is 2.15. The van der Waals surface area contributed by atoms with Crippen molar-refractivity contribution in [1.29, 1.82) is 0 Å². The minimum atomic E-state index is -1.01. The summed E-state index contributed by atoms with van der Waals surface area (Å²) >= 11 is 1.38. The number of hydrogen-bond acceptors (Lipinski definition) is 4. The van der Waals surface area contributed by atoms with Gasteiger partial charge >= 0.3 is 5.97 Å². The summed E-state index contributed by atoms with van der Waals surface area (Å²) in [5.74, 6) is -1.01. The number of carbonyl (C=O) groups is 1. The number of carboxylic acid groups (broad SMARTS) is 1. The van der Waals surface area contributed by atoms with Crippen LogP contribution in [0.2, 0.25) is 0 Å². The minimum Gasteiger partial charge on any atom is -0.476 e. The van der Waals surface area contributed by atoms with Gasteiger partial charge in [0, 0.05) is 13.5 Å². The van der Waals surface area contributed by atoms with E-state index in [0.717, 1.165) is 0 Å². The van der Waals surface area contributed by atoms with Gasteiger partial charge in [0.1, 0.15) is 0 Å². The van der Waals surface area contributed by atoms with Crippen LogP contribution in [0.3, 0.4) is 0 Å². The molecule has 0 saturated carbocycles. The van der Waals surface area contributed by atoms with Gasteiger partial charge in [0.15, 0.2) is 10.9 Å². The molecule has 14 heavy (non-hydrogen) atoms. The summed E-state index contributed by atoms with van der Waals surface area (Å²) in [6.07, 6.45) is 2.37. The molecule has 0 aliphatic rings. The van der Waals surface area contributed by atoms with E-state index in [1.807, 2.05) is 6.26 Å². The van der Waals surface area contributed by atoms with E-state index in [2.05, 4.69) is 9.97 Å². The molecule has 1 rings (SSSR count). The number of hydrogen-bond donors (Lipinski definition) is 2. The van der Waals surface area contributed by atoms with Gasteiger partial charge in [0.2, 0.25) is 0 Å². The van der Waals surface area contributed by atoms with Crippen molar-refractivity contribution in [1.82, 2.24) is 9.97 Å². The summed E-state index contributed by atoms with van der Waals surface area (Å²) in [5, 5.41) is 9.46. The zero-order valence-corrected chi connectivity index (χ0v) is 8.85. The van der Waals surface area contributed by atoms with Gasteiger partial charge in [-0.2, -0.15) is 0 Å². The molecule has 5 nitrogen and oxygen atoms in total. The molecule has 0 atom stereocenters. The predicted octanol–water partition coefficient (Wildman–Crippen LogP) is 1.02. The van der Waals surface area contributed by atoms with Crippen LogP contribution in [0, 0.1) is 0 Å². The van der Waals surface area contributed by atoms with Crippen LogP contribution in [0.1, 0.15) is 16.2 Å². The molecule has 6 heteroatoms. The number of nitrogens with zero attached hydrogens (tertiary/aromatic N) is 1. The normalized spacial score (nSPS) is 10.4. The second-order valence-corrected chi connectivity index (χ2v) is 3.42. The van der Waals surface area contributed by atoms with Crippen molar-refractivity contribution in [3.8, 4) is 0 Å². The average Bonchev–Trinajstić information content (AvgIpc) is 2.58. The zero-order chi connectivity index (χ0) is 10.6. The number of ether oxygens (including phenoxy) is 1. The van der Waals surface area contributed by atoms with Crippen LogP contribution >= 0.6 is 11.8 Å². The number of aromatic carboxylic acids is 1. The van der Waals surface area contributed by atoms with Gasteiger partial charge in [-0.1, -0.05) is 11.8 Å². The van der Waals surface area contributed by atoms with Crippen molar-refractivity contribution in [2.45, 2.75) is 11.6 Å². The molecular formula is C8H12N2O3S. The number of aromatic amines is 1. The highest BCUT2D eigenvalue weighted by Crippen LogP contribution is 2.14. The molecule has 0 unspecified atom stereocenters. The molecule has 78 valence electrons. The minimum absolute atomic E-state index is 0.0893. The number of nitrogens with one attached hydrogen (secondary N) is 1. The quantitative estimate of drug-likeness (QED) is 0.719. The lowest BCUT2D eigenvalue weighted by Gasteiger charge is -1.97. The number of H-pyrrole nitrogens is 1. The standard InChI is InChI=1S/C8H12N2O3S/c1-13-4-3-5-6(7(11)12)10-8(9-5)14-2/h3-4H2,1-2H3,(H,9,10)(H,11,12). The zero-order valence-electron chi connectivity index (χ0n) is 8.03. The highest BCUT2D eigenvalue weighted by molar-refractivity contribution is 7.98. The monoisotopic (exact) mass is 216 g/mol. The number of aromatic nitrogens is 2. The fourth-order valence-corrected chi connectivity index (χ4v) is 1.45. The van der Waals surface area contributed by atoms with E-state index in [1.165, 1.54) is 11.8 Å². The molecule has 1 aromatic rings. The van der Waals surface area contributed by atoms with E-state index in [9.17, 15) is 4.79 Å². The third kappa shape index (κ3) is 2.49. The Hall–Kier alpha value is -1.01. The molecule has 0 aliphatic heterocycles. The van der Waals surface area contributed by atoms with Gasteiger partial charge in [-0.25, -0.2) is 9.78 Å². The number of rotatable bonds is 5. The molecule has 0 aliphatic carbocycles. The summed E-state index contributed by atoms with van der Waals surface area (Å²) in [4.78, 5) is 17.7. The van der Waals surface area contributed by atoms with E-state index in [1.54, 1.807) is 7.11 Å². The maximum atomic E-state index is 10.8. The SMILES string of the molecule is COCCc1[nH]c(SC)nc1C(=O)O. The van der Waals surface area contributed by atoms with E-state index in [0.29, 0.717) is 23.9 Å². The third-order valence-corrected chi connectivity index (χ3v) is 2.29. The number of methoxy groups -OCH3 is 1. The molecule has 0 amide bonds. The van der Waals surface area contributed by atoms with Gasteiger partial charge in [-0.3, -0.25) is 0 Å². The third-order valence-electron chi connectivity index (χ3n) is 1.71. The Morgan fingerprint density at radius 3 is 2.93 bits per heavy atom. The second-order valence-electron chi connectivity index (χ2n) is 2.62. The number of imidazole rings is 1. The Labute approximate surface area is 85.9 Å². The molecule has 1 heterocycles. The average molecular weight is 216 g/mol. The van der Waals surface area contributed by atoms with Crippen LogP contribution in [-0.2, 0) is 11.2 Å². The molecule has 0 bridgehead atoms. The summed E-state index contributed by atoms with van der Waals surface area (Å²) in [6, 6.07) is 0.